The summed E-state index contributed by atoms with van der Waals surface area (Å²) >= 11 is 0. The van der Waals surface area contributed by atoms with Crippen molar-refractivity contribution in [1.29, 1.82) is 0 Å². The number of anilines is 1. The normalized spacial score (nSPS) is 11.0. The number of ether oxygens (including phenoxy) is 1. The molecular formula is C18H16F3NO3. The molecule has 0 bridgehead atoms. The van der Waals surface area contributed by atoms with Gasteiger partial charge in [-0.15, -0.1) is 13.2 Å². The average Bonchev–Trinajstić information content (AvgIpc) is 2.53. The van der Waals surface area contributed by atoms with Gasteiger partial charge in [0.2, 0.25) is 5.91 Å². The van der Waals surface area contributed by atoms with Crippen molar-refractivity contribution in [1.82, 2.24) is 0 Å². The van der Waals surface area contributed by atoms with Gasteiger partial charge in [-0.1, -0.05) is 30.3 Å². The van der Waals surface area contributed by atoms with Gasteiger partial charge >= 0.3 is 6.36 Å². The van der Waals surface area contributed by atoms with E-state index in [1.807, 2.05) is 0 Å². The number of hydrogen-bond acceptors (Lipinski definition) is 3. The maximum absolute atomic E-state index is 12.4. The number of alkyl halides is 3. The minimum absolute atomic E-state index is 0.0253. The number of carbonyl (C=O) groups excluding carboxylic acids is 2. The first kappa shape index (κ1) is 18.5. The summed E-state index contributed by atoms with van der Waals surface area (Å²) in [5.74, 6) is -0.821. The lowest BCUT2D eigenvalue weighted by molar-refractivity contribution is -0.274. The van der Waals surface area contributed by atoms with Crippen molar-refractivity contribution >= 4 is 17.4 Å². The molecule has 2 aromatic carbocycles. The number of benzene rings is 2. The van der Waals surface area contributed by atoms with E-state index in [9.17, 15) is 22.8 Å². The van der Waals surface area contributed by atoms with Gasteiger partial charge in [-0.05, 0) is 37.1 Å². The molecule has 0 saturated carbocycles. The van der Waals surface area contributed by atoms with Crippen LogP contribution in [0.1, 0.15) is 29.3 Å². The van der Waals surface area contributed by atoms with Crippen LogP contribution in [0.5, 0.6) is 5.75 Å². The molecule has 0 fully saturated rings. The summed E-state index contributed by atoms with van der Waals surface area (Å²) < 4.78 is 41.1. The van der Waals surface area contributed by atoms with Crippen molar-refractivity contribution in [2.75, 3.05) is 5.32 Å². The number of aryl methyl sites for hydroxylation is 1. The zero-order chi connectivity index (χ0) is 18.4. The Kier molecular flexibility index (Phi) is 5.80. The summed E-state index contributed by atoms with van der Waals surface area (Å²) in [5, 5.41) is 2.62. The van der Waals surface area contributed by atoms with Crippen LogP contribution < -0.4 is 10.1 Å². The van der Waals surface area contributed by atoms with E-state index in [-0.39, 0.29) is 35.8 Å². The average molecular weight is 351 g/mol. The number of nitrogens with one attached hydrogen (secondary N) is 1. The van der Waals surface area contributed by atoms with Crippen molar-refractivity contribution in [3.05, 3.63) is 59.7 Å². The lowest BCUT2D eigenvalue weighted by Gasteiger charge is -2.13. The highest BCUT2D eigenvalue weighted by Gasteiger charge is 2.31. The molecule has 0 radical (unpaired) electrons. The molecule has 25 heavy (non-hydrogen) atoms. The molecule has 2 aromatic rings. The van der Waals surface area contributed by atoms with E-state index < -0.39 is 6.36 Å². The van der Waals surface area contributed by atoms with E-state index in [2.05, 4.69) is 10.1 Å². The molecule has 0 heterocycles. The molecule has 1 amide bonds. The van der Waals surface area contributed by atoms with E-state index in [1.54, 1.807) is 30.3 Å². The Morgan fingerprint density at radius 2 is 1.80 bits per heavy atom. The molecule has 0 aromatic heterocycles. The van der Waals surface area contributed by atoms with Crippen LogP contribution in [0.4, 0.5) is 18.9 Å². The molecule has 1 N–H and O–H groups in total. The van der Waals surface area contributed by atoms with Crippen LogP contribution in [0.15, 0.2) is 48.5 Å². The topological polar surface area (TPSA) is 55.4 Å². The zero-order valence-electron chi connectivity index (χ0n) is 13.4. The standard InChI is InChI=1S/C18H16F3NO3/c1-12(23)14-6-4-7-15(11-14)22-17(24)10-9-13-5-2-3-8-16(13)25-18(19,20)21/h2-8,11H,9-10H2,1H3,(H,22,24). The van der Waals surface area contributed by atoms with Crippen LogP contribution in [0.25, 0.3) is 0 Å². The Hall–Kier alpha value is -2.83. The maximum atomic E-state index is 12.4. The van der Waals surface area contributed by atoms with E-state index >= 15 is 0 Å². The molecule has 132 valence electrons. The molecule has 4 nitrogen and oxygen atoms in total. The Balaban J connectivity index is 1.99. The van der Waals surface area contributed by atoms with E-state index in [4.69, 9.17) is 0 Å². The highest BCUT2D eigenvalue weighted by Crippen LogP contribution is 2.27. The number of halogens is 3. The molecule has 0 atom stereocenters. The summed E-state index contributed by atoms with van der Waals surface area (Å²) in [5.41, 5.74) is 1.20. The van der Waals surface area contributed by atoms with Crippen molar-refractivity contribution < 1.29 is 27.5 Å². The first-order valence-electron chi connectivity index (χ1n) is 7.49. The van der Waals surface area contributed by atoms with E-state index in [0.29, 0.717) is 11.3 Å². The SMILES string of the molecule is CC(=O)c1cccc(NC(=O)CCc2ccccc2OC(F)(F)F)c1. The number of para-hydroxylation sites is 1. The molecular weight excluding hydrogens is 335 g/mol. The molecule has 7 heteroatoms. The zero-order valence-corrected chi connectivity index (χ0v) is 13.4. The number of amides is 1. The third-order valence-corrected chi connectivity index (χ3v) is 3.37. The van der Waals surface area contributed by atoms with Crippen LogP contribution in [0.3, 0.4) is 0 Å². The second-order valence-electron chi connectivity index (χ2n) is 5.34. The van der Waals surface area contributed by atoms with Crippen LogP contribution >= 0.6 is 0 Å². The first-order chi connectivity index (χ1) is 11.7. The van der Waals surface area contributed by atoms with Crippen molar-refractivity contribution in [3.63, 3.8) is 0 Å². The number of carbonyl (C=O) groups is 2. The summed E-state index contributed by atoms with van der Waals surface area (Å²) in [7, 11) is 0. The summed E-state index contributed by atoms with van der Waals surface area (Å²) in [4.78, 5) is 23.3. The molecule has 0 aliphatic heterocycles. The predicted octanol–water partition coefficient (Wildman–Crippen LogP) is 4.36. The quantitative estimate of drug-likeness (QED) is 0.787. The molecule has 0 aliphatic rings. The molecule has 0 unspecified atom stereocenters. The lowest BCUT2D eigenvalue weighted by Crippen LogP contribution is -2.18. The van der Waals surface area contributed by atoms with E-state index in [1.165, 1.54) is 25.1 Å². The number of hydrogen-bond donors (Lipinski definition) is 1. The minimum atomic E-state index is -4.79. The van der Waals surface area contributed by atoms with Gasteiger partial charge in [0.05, 0.1) is 0 Å². The highest BCUT2D eigenvalue weighted by atomic mass is 19.4. The van der Waals surface area contributed by atoms with E-state index in [0.717, 1.165) is 0 Å². The Bertz CT molecular complexity index is 772. The lowest BCUT2D eigenvalue weighted by atomic mass is 10.1. The van der Waals surface area contributed by atoms with Gasteiger partial charge in [0, 0.05) is 17.7 Å². The molecule has 0 spiro atoms. The van der Waals surface area contributed by atoms with Crippen molar-refractivity contribution in [2.45, 2.75) is 26.1 Å². The van der Waals surface area contributed by atoms with Gasteiger partial charge in [0.25, 0.3) is 0 Å². The van der Waals surface area contributed by atoms with Gasteiger partial charge in [-0.2, -0.15) is 0 Å². The van der Waals surface area contributed by atoms with Crippen LogP contribution in [-0.2, 0) is 11.2 Å². The van der Waals surface area contributed by atoms with Gasteiger partial charge in [-0.3, -0.25) is 9.59 Å². The van der Waals surface area contributed by atoms with Gasteiger partial charge < -0.3 is 10.1 Å². The molecule has 0 aliphatic carbocycles. The molecule has 2 rings (SSSR count). The fraction of sp³-hybridized carbons (Fsp3) is 0.222. The summed E-state index contributed by atoms with van der Waals surface area (Å²) in [6.07, 6.45) is -4.72. The third-order valence-electron chi connectivity index (χ3n) is 3.37. The smallest absolute Gasteiger partial charge is 0.406 e. The first-order valence-corrected chi connectivity index (χ1v) is 7.49. The number of Topliss-reactive ketones (excluding diaryl/α,β-unsaturated/α-hetero) is 1. The Morgan fingerprint density at radius 1 is 1.08 bits per heavy atom. The Labute approximate surface area is 142 Å². The van der Waals surface area contributed by atoms with Crippen LogP contribution in [0.2, 0.25) is 0 Å². The highest BCUT2D eigenvalue weighted by molar-refractivity contribution is 5.97. The van der Waals surface area contributed by atoms with Gasteiger partial charge in [-0.25, -0.2) is 0 Å². The molecule has 0 saturated heterocycles. The summed E-state index contributed by atoms with van der Waals surface area (Å²) in [6, 6.07) is 12.1. The second kappa shape index (κ2) is 7.83. The number of ketones is 1. The Morgan fingerprint density at radius 3 is 2.48 bits per heavy atom. The van der Waals surface area contributed by atoms with Crippen molar-refractivity contribution in [2.24, 2.45) is 0 Å². The third kappa shape index (κ3) is 5.95. The van der Waals surface area contributed by atoms with Crippen LogP contribution in [-0.4, -0.2) is 18.1 Å². The van der Waals surface area contributed by atoms with Gasteiger partial charge in [0.15, 0.2) is 5.78 Å². The van der Waals surface area contributed by atoms with Crippen molar-refractivity contribution in [3.8, 4) is 5.75 Å². The number of rotatable bonds is 6. The monoisotopic (exact) mass is 351 g/mol. The fourth-order valence-corrected chi connectivity index (χ4v) is 2.22. The van der Waals surface area contributed by atoms with Gasteiger partial charge in [0.1, 0.15) is 5.75 Å². The predicted molar refractivity (Wildman–Crippen MR) is 86.5 cm³/mol. The largest absolute Gasteiger partial charge is 0.573 e. The second-order valence-corrected chi connectivity index (χ2v) is 5.34. The summed E-state index contributed by atoms with van der Waals surface area (Å²) in [6.45, 7) is 1.42. The minimum Gasteiger partial charge on any atom is -0.406 e. The van der Waals surface area contributed by atoms with Crippen LogP contribution in [0, 0.1) is 0 Å². The fourth-order valence-electron chi connectivity index (χ4n) is 2.22. The maximum Gasteiger partial charge on any atom is 0.573 e.